The Morgan fingerprint density at radius 2 is 2.11 bits per heavy atom. The third-order valence-electron chi connectivity index (χ3n) is 3.39. The molecule has 1 saturated heterocycles. The van der Waals surface area contributed by atoms with E-state index in [0.29, 0.717) is 0 Å². The summed E-state index contributed by atoms with van der Waals surface area (Å²) < 4.78 is 6.30. The molecule has 1 unspecified atom stereocenters. The largest absolute Gasteiger partial charge is 0.453 e. The quantitative estimate of drug-likeness (QED) is 0.856. The third-order valence-corrected chi connectivity index (χ3v) is 3.82. The Labute approximate surface area is 116 Å². The summed E-state index contributed by atoms with van der Waals surface area (Å²) >= 11 is 3.31. The average Bonchev–Trinajstić information content (AvgIpc) is 2.78. The van der Waals surface area contributed by atoms with Crippen LogP contribution in [0.25, 0.3) is 0 Å². The number of piperazine rings is 1. The van der Waals surface area contributed by atoms with Crippen LogP contribution in [0.5, 0.6) is 0 Å². The van der Waals surface area contributed by atoms with Crippen LogP contribution in [0.4, 0.5) is 0 Å². The number of hydrogen-bond acceptors (Lipinski definition) is 4. The molecule has 0 aromatic carbocycles. The number of nitrogens with zero attached hydrogens (tertiary/aromatic N) is 3. The average molecular weight is 312 g/mol. The normalized spacial score (nSPS) is 19.6. The molecule has 5 heteroatoms. The van der Waals surface area contributed by atoms with E-state index in [1.165, 1.54) is 0 Å². The second kappa shape index (κ2) is 6.37. The predicted molar refractivity (Wildman–Crippen MR) is 73.0 cm³/mol. The topological polar surface area (TPSA) is 43.4 Å². The fraction of sp³-hybridized carbons (Fsp3) is 0.615. The van der Waals surface area contributed by atoms with E-state index in [4.69, 9.17) is 9.68 Å². The van der Waals surface area contributed by atoms with E-state index >= 15 is 0 Å². The van der Waals surface area contributed by atoms with Gasteiger partial charge < -0.3 is 4.42 Å². The van der Waals surface area contributed by atoms with E-state index in [2.05, 4.69) is 38.7 Å². The molecule has 1 atom stereocenters. The Morgan fingerprint density at radius 3 is 2.61 bits per heavy atom. The van der Waals surface area contributed by atoms with E-state index < -0.39 is 0 Å². The standard InChI is InChI=1S/C13H18BrN3O/c1-2-11(9-15)17-7-5-16(6-8-17)10-12-3-4-13(14)18-12/h3-4,11H,2,5-8,10H2,1H3. The minimum atomic E-state index is 0.0740. The summed E-state index contributed by atoms with van der Waals surface area (Å²) in [6.07, 6.45) is 0.904. The molecule has 1 fully saturated rings. The highest BCUT2D eigenvalue weighted by molar-refractivity contribution is 9.10. The van der Waals surface area contributed by atoms with Gasteiger partial charge in [0, 0.05) is 26.2 Å². The van der Waals surface area contributed by atoms with Gasteiger partial charge in [0.05, 0.1) is 18.7 Å². The van der Waals surface area contributed by atoms with E-state index in [0.717, 1.165) is 49.6 Å². The number of nitriles is 1. The highest BCUT2D eigenvalue weighted by Crippen LogP contribution is 2.17. The van der Waals surface area contributed by atoms with Crippen molar-refractivity contribution in [3.8, 4) is 6.07 Å². The van der Waals surface area contributed by atoms with Crippen molar-refractivity contribution >= 4 is 15.9 Å². The molecule has 0 bridgehead atoms. The van der Waals surface area contributed by atoms with Gasteiger partial charge in [0.25, 0.3) is 0 Å². The van der Waals surface area contributed by atoms with Gasteiger partial charge in [-0.3, -0.25) is 9.80 Å². The molecule has 18 heavy (non-hydrogen) atoms. The predicted octanol–water partition coefficient (Wildman–Crippen LogP) is 2.46. The highest BCUT2D eigenvalue weighted by atomic mass is 79.9. The van der Waals surface area contributed by atoms with Crippen LogP contribution in [0.15, 0.2) is 21.2 Å². The summed E-state index contributed by atoms with van der Waals surface area (Å²) in [7, 11) is 0. The van der Waals surface area contributed by atoms with Crippen molar-refractivity contribution in [2.75, 3.05) is 26.2 Å². The zero-order chi connectivity index (χ0) is 13.0. The smallest absolute Gasteiger partial charge is 0.169 e. The van der Waals surface area contributed by atoms with E-state index in [1.807, 2.05) is 12.1 Å². The van der Waals surface area contributed by atoms with Crippen molar-refractivity contribution < 1.29 is 4.42 Å². The van der Waals surface area contributed by atoms with Crippen LogP contribution in [0.3, 0.4) is 0 Å². The van der Waals surface area contributed by atoms with Crippen molar-refractivity contribution in [3.05, 3.63) is 22.6 Å². The Kier molecular flexibility index (Phi) is 4.81. The molecule has 1 aromatic heterocycles. The molecule has 0 saturated carbocycles. The third kappa shape index (κ3) is 3.35. The van der Waals surface area contributed by atoms with Gasteiger partial charge in [0.15, 0.2) is 4.67 Å². The van der Waals surface area contributed by atoms with Crippen molar-refractivity contribution in [3.63, 3.8) is 0 Å². The van der Waals surface area contributed by atoms with Gasteiger partial charge in [-0.05, 0) is 34.5 Å². The molecule has 1 aromatic rings. The molecule has 4 nitrogen and oxygen atoms in total. The molecular weight excluding hydrogens is 294 g/mol. The Morgan fingerprint density at radius 1 is 1.39 bits per heavy atom. The first-order valence-corrected chi connectivity index (χ1v) is 7.12. The molecule has 2 rings (SSSR count). The SMILES string of the molecule is CCC(C#N)N1CCN(Cc2ccc(Br)o2)CC1. The van der Waals surface area contributed by atoms with Crippen LogP contribution in [-0.4, -0.2) is 42.0 Å². The van der Waals surface area contributed by atoms with Gasteiger partial charge in [0.2, 0.25) is 0 Å². The van der Waals surface area contributed by atoms with E-state index in [1.54, 1.807) is 0 Å². The second-order valence-electron chi connectivity index (χ2n) is 4.57. The fourth-order valence-corrected chi connectivity index (χ4v) is 2.66. The Hall–Kier alpha value is -0.830. The maximum absolute atomic E-state index is 9.06. The molecule has 1 aliphatic heterocycles. The summed E-state index contributed by atoms with van der Waals surface area (Å²) in [5.41, 5.74) is 0. The Bertz CT molecular complexity index is 418. The molecule has 1 aliphatic rings. The van der Waals surface area contributed by atoms with Gasteiger partial charge in [0.1, 0.15) is 5.76 Å². The lowest BCUT2D eigenvalue weighted by atomic mass is 10.2. The van der Waals surface area contributed by atoms with Crippen molar-refractivity contribution in [2.45, 2.75) is 25.9 Å². The number of rotatable bonds is 4. The first-order valence-electron chi connectivity index (χ1n) is 6.33. The molecule has 0 aliphatic carbocycles. The van der Waals surface area contributed by atoms with Crippen molar-refractivity contribution in [1.82, 2.24) is 9.80 Å². The zero-order valence-corrected chi connectivity index (χ0v) is 12.2. The number of halogens is 1. The van der Waals surface area contributed by atoms with Gasteiger partial charge >= 0.3 is 0 Å². The molecule has 2 heterocycles. The van der Waals surface area contributed by atoms with Gasteiger partial charge in [-0.2, -0.15) is 5.26 Å². The maximum atomic E-state index is 9.06. The van der Waals surface area contributed by atoms with Crippen LogP contribution in [-0.2, 0) is 6.54 Å². The van der Waals surface area contributed by atoms with Crippen molar-refractivity contribution in [2.24, 2.45) is 0 Å². The molecule has 0 spiro atoms. The lowest BCUT2D eigenvalue weighted by molar-refractivity contribution is 0.103. The first-order chi connectivity index (χ1) is 8.72. The maximum Gasteiger partial charge on any atom is 0.169 e. The first kappa shape index (κ1) is 13.6. The molecule has 98 valence electrons. The second-order valence-corrected chi connectivity index (χ2v) is 5.35. The van der Waals surface area contributed by atoms with Gasteiger partial charge in [-0.25, -0.2) is 0 Å². The molecule has 0 radical (unpaired) electrons. The van der Waals surface area contributed by atoms with Crippen LogP contribution in [0, 0.1) is 11.3 Å². The molecule has 0 amide bonds. The van der Waals surface area contributed by atoms with Crippen LogP contribution >= 0.6 is 15.9 Å². The zero-order valence-electron chi connectivity index (χ0n) is 10.6. The van der Waals surface area contributed by atoms with Gasteiger partial charge in [-0.1, -0.05) is 6.92 Å². The Balaban J connectivity index is 1.82. The van der Waals surface area contributed by atoms with E-state index in [-0.39, 0.29) is 6.04 Å². The fourth-order valence-electron chi connectivity index (χ4n) is 2.32. The molecular formula is C13H18BrN3O. The summed E-state index contributed by atoms with van der Waals surface area (Å²) in [5.74, 6) is 0.989. The number of hydrogen-bond donors (Lipinski definition) is 0. The van der Waals surface area contributed by atoms with Crippen LogP contribution in [0.1, 0.15) is 19.1 Å². The van der Waals surface area contributed by atoms with Crippen LogP contribution < -0.4 is 0 Å². The lowest BCUT2D eigenvalue weighted by Crippen LogP contribution is -2.49. The van der Waals surface area contributed by atoms with Gasteiger partial charge in [-0.15, -0.1) is 0 Å². The summed E-state index contributed by atoms with van der Waals surface area (Å²) in [5, 5.41) is 9.06. The van der Waals surface area contributed by atoms with Crippen LogP contribution in [0.2, 0.25) is 0 Å². The lowest BCUT2D eigenvalue weighted by Gasteiger charge is -2.36. The minimum absolute atomic E-state index is 0.0740. The monoisotopic (exact) mass is 311 g/mol. The summed E-state index contributed by atoms with van der Waals surface area (Å²) in [6, 6.07) is 6.37. The van der Waals surface area contributed by atoms with Crippen molar-refractivity contribution in [1.29, 1.82) is 5.26 Å². The molecule has 0 N–H and O–H groups in total. The summed E-state index contributed by atoms with van der Waals surface area (Å²) in [6.45, 7) is 6.85. The highest BCUT2D eigenvalue weighted by Gasteiger charge is 2.22. The van der Waals surface area contributed by atoms with E-state index in [9.17, 15) is 0 Å². The number of furan rings is 1. The summed E-state index contributed by atoms with van der Waals surface area (Å²) in [4.78, 5) is 4.64. The minimum Gasteiger partial charge on any atom is -0.453 e.